The van der Waals surface area contributed by atoms with Gasteiger partial charge in [0.15, 0.2) is 29.2 Å². The Hall–Kier alpha value is -3.74. The standard InChI is InChI=1S/C26H27NO6/c1-15-24(16-10-22(28-2)25(30-4)23(11-16)29-3)18-12-20-21(32-14-31-20)13-19(18)33-26(15)27-17-8-6-5-7-9-17/h5-13,15,24,26-27H,14H2,1-4H3/t15-,24+,26+/m1/s1. The summed E-state index contributed by atoms with van der Waals surface area (Å²) in [6.07, 6.45) is -0.274. The van der Waals surface area contributed by atoms with E-state index < -0.39 is 0 Å². The lowest BCUT2D eigenvalue weighted by Gasteiger charge is -2.39. The van der Waals surface area contributed by atoms with Crippen LogP contribution < -0.4 is 33.7 Å². The number of hydrogen-bond acceptors (Lipinski definition) is 7. The highest BCUT2D eigenvalue weighted by molar-refractivity contribution is 5.60. The van der Waals surface area contributed by atoms with Crippen LogP contribution in [0.1, 0.15) is 24.0 Å². The average molecular weight is 450 g/mol. The van der Waals surface area contributed by atoms with Gasteiger partial charge < -0.3 is 33.7 Å². The van der Waals surface area contributed by atoms with Gasteiger partial charge in [0.2, 0.25) is 12.5 Å². The van der Waals surface area contributed by atoms with Gasteiger partial charge >= 0.3 is 0 Å². The predicted octanol–water partition coefficient (Wildman–Crippen LogP) is 5.04. The molecule has 0 fully saturated rings. The van der Waals surface area contributed by atoms with E-state index >= 15 is 0 Å². The van der Waals surface area contributed by atoms with Crippen molar-refractivity contribution in [2.45, 2.75) is 19.1 Å². The lowest BCUT2D eigenvalue weighted by atomic mass is 9.78. The molecular formula is C26H27NO6. The second kappa shape index (κ2) is 8.65. The third kappa shape index (κ3) is 3.73. The van der Waals surface area contributed by atoms with E-state index in [2.05, 4.69) is 12.2 Å². The lowest BCUT2D eigenvalue weighted by molar-refractivity contribution is 0.134. The van der Waals surface area contributed by atoms with E-state index in [9.17, 15) is 0 Å². The molecule has 0 saturated carbocycles. The van der Waals surface area contributed by atoms with Gasteiger partial charge in [-0.05, 0) is 35.9 Å². The molecule has 0 amide bonds. The molecule has 0 aliphatic carbocycles. The van der Waals surface area contributed by atoms with Crippen LogP contribution in [0.2, 0.25) is 0 Å². The smallest absolute Gasteiger partial charge is 0.231 e. The molecule has 0 spiro atoms. The Balaban J connectivity index is 1.63. The van der Waals surface area contributed by atoms with Crippen LogP contribution in [0, 0.1) is 5.92 Å². The Morgan fingerprint density at radius 3 is 2.12 bits per heavy atom. The van der Waals surface area contributed by atoms with Gasteiger partial charge in [0, 0.05) is 29.2 Å². The molecule has 0 aromatic heterocycles. The first kappa shape index (κ1) is 21.1. The molecule has 3 atom stereocenters. The Bertz CT molecular complexity index is 1120. The van der Waals surface area contributed by atoms with Crippen molar-refractivity contribution >= 4 is 5.69 Å². The minimum Gasteiger partial charge on any atom is -0.493 e. The molecule has 5 rings (SSSR count). The van der Waals surface area contributed by atoms with Crippen LogP contribution in [0.3, 0.4) is 0 Å². The molecule has 0 bridgehead atoms. The summed E-state index contributed by atoms with van der Waals surface area (Å²) in [5.74, 6) is 3.97. The van der Waals surface area contributed by atoms with Crippen LogP contribution in [-0.4, -0.2) is 34.4 Å². The molecule has 0 radical (unpaired) electrons. The maximum atomic E-state index is 6.45. The molecule has 172 valence electrons. The largest absolute Gasteiger partial charge is 0.493 e. The highest BCUT2D eigenvalue weighted by Gasteiger charge is 2.39. The van der Waals surface area contributed by atoms with Crippen LogP contribution in [0.25, 0.3) is 0 Å². The van der Waals surface area contributed by atoms with E-state index in [4.69, 9.17) is 28.4 Å². The fourth-order valence-electron chi connectivity index (χ4n) is 4.61. The van der Waals surface area contributed by atoms with Crippen molar-refractivity contribution in [2.24, 2.45) is 5.92 Å². The first-order chi connectivity index (χ1) is 16.1. The Morgan fingerprint density at radius 2 is 1.48 bits per heavy atom. The summed E-state index contributed by atoms with van der Waals surface area (Å²) in [4.78, 5) is 0. The fraction of sp³-hybridized carbons (Fsp3) is 0.308. The van der Waals surface area contributed by atoms with Crippen LogP contribution in [-0.2, 0) is 0 Å². The molecule has 0 unspecified atom stereocenters. The summed E-state index contributed by atoms with van der Waals surface area (Å²) in [5.41, 5.74) is 3.04. The van der Waals surface area contributed by atoms with Gasteiger partial charge in [0.05, 0.1) is 21.3 Å². The lowest BCUT2D eigenvalue weighted by Crippen LogP contribution is -2.40. The van der Waals surface area contributed by atoms with Crippen LogP contribution in [0.15, 0.2) is 54.6 Å². The van der Waals surface area contributed by atoms with E-state index in [-0.39, 0.29) is 24.9 Å². The van der Waals surface area contributed by atoms with Gasteiger partial charge in [-0.2, -0.15) is 0 Å². The number of methoxy groups -OCH3 is 3. The van der Waals surface area contributed by atoms with E-state index in [1.165, 1.54) is 0 Å². The van der Waals surface area contributed by atoms with Crippen molar-refractivity contribution in [1.29, 1.82) is 0 Å². The minimum absolute atomic E-state index is 0.0295. The molecule has 2 heterocycles. The topological polar surface area (TPSA) is 67.4 Å². The zero-order valence-corrected chi connectivity index (χ0v) is 19.1. The number of benzene rings is 3. The Kier molecular flexibility index (Phi) is 5.54. The third-order valence-corrected chi connectivity index (χ3v) is 6.23. The zero-order valence-electron chi connectivity index (χ0n) is 19.1. The quantitative estimate of drug-likeness (QED) is 0.565. The van der Waals surface area contributed by atoms with Gasteiger partial charge in [-0.25, -0.2) is 0 Å². The fourth-order valence-corrected chi connectivity index (χ4v) is 4.61. The highest BCUT2D eigenvalue weighted by atomic mass is 16.7. The van der Waals surface area contributed by atoms with Crippen LogP contribution in [0.5, 0.6) is 34.5 Å². The molecule has 1 N–H and O–H groups in total. The Labute approximate surface area is 193 Å². The second-order valence-electron chi connectivity index (χ2n) is 8.09. The molecule has 2 aliphatic rings. The SMILES string of the molecule is COc1cc([C@H]2c3cc4c(cc3O[C@H](Nc3ccccc3)[C@@H]2C)OCO4)cc(OC)c1OC. The molecule has 33 heavy (non-hydrogen) atoms. The van der Waals surface area contributed by atoms with E-state index in [0.717, 1.165) is 28.3 Å². The van der Waals surface area contributed by atoms with Crippen molar-refractivity contribution in [3.8, 4) is 34.5 Å². The number of anilines is 1. The summed E-state index contributed by atoms with van der Waals surface area (Å²) in [6, 6.07) is 18.0. The normalized spacial score (nSPS) is 20.4. The van der Waals surface area contributed by atoms with Gasteiger partial charge in [0.1, 0.15) is 5.75 Å². The van der Waals surface area contributed by atoms with Gasteiger partial charge in [-0.3, -0.25) is 0 Å². The number of ether oxygens (including phenoxy) is 6. The number of rotatable bonds is 6. The van der Waals surface area contributed by atoms with Gasteiger partial charge in [0.25, 0.3) is 0 Å². The van der Waals surface area contributed by atoms with E-state index in [1.54, 1.807) is 21.3 Å². The molecule has 7 nitrogen and oxygen atoms in total. The number of nitrogens with one attached hydrogen (secondary N) is 1. The van der Waals surface area contributed by atoms with Gasteiger partial charge in [-0.1, -0.05) is 25.1 Å². The number of hydrogen-bond donors (Lipinski definition) is 1. The van der Waals surface area contributed by atoms with E-state index in [1.807, 2.05) is 54.6 Å². The summed E-state index contributed by atoms with van der Waals surface area (Å²) in [5, 5.41) is 3.54. The Morgan fingerprint density at radius 1 is 0.818 bits per heavy atom. The van der Waals surface area contributed by atoms with Crippen LogP contribution in [0.4, 0.5) is 5.69 Å². The molecular weight excluding hydrogens is 422 g/mol. The molecule has 0 saturated heterocycles. The first-order valence-electron chi connectivity index (χ1n) is 10.8. The maximum Gasteiger partial charge on any atom is 0.231 e. The predicted molar refractivity (Wildman–Crippen MR) is 124 cm³/mol. The monoisotopic (exact) mass is 449 g/mol. The van der Waals surface area contributed by atoms with Gasteiger partial charge in [-0.15, -0.1) is 0 Å². The second-order valence-corrected chi connectivity index (χ2v) is 8.09. The van der Waals surface area contributed by atoms with Crippen molar-refractivity contribution in [3.63, 3.8) is 0 Å². The third-order valence-electron chi connectivity index (χ3n) is 6.23. The molecule has 7 heteroatoms. The molecule has 2 aliphatic heterocycles. The maximum absolute atomic E-state index is 6.45. The highest BCUT2D eigenvalue weighted by Crippen LogP contribution is 2.51. The van der Waals surface area contributed by atoms with Crippen molar-refractivity contribution in [3.05, 3.63) is 65.7 Å². The zero-order chi connectivity index (χ0) is 22.9. The number of fused-ring (bicyclic) bond motifs is 2. The van der Waals surface area contributed by atoms with Crippen LogP contribution >= 0.6 is 0 Å². The molecule has 3 aromatic rings. The van der Waals surface area contributed by atoms with Crippen molar-refractivity contribution < 1.29 is 28.4 Å². The number of para-hydroxylation sites is 1. The van der Waals surface area contributed by atoms with Crippen molar-refractivity contribution in [1.82, 2.24) is 0 Å². The van der Waals surface area contributed by atoms with Crippen molar-refractivity contribution in [2.75, 3.05) is 33.4 Å². The minimum atomic E-state index is -0.274. The first-order valence-corrected chi connectivity index (χ1v) is 10.8. The average Bonchev–Trinajstić information content (AvgIpc) is 3.30. The summed E-state index contributed by atoms with van der Waals surface area (Å²) >= 11 is 0. The summed E-state index contributed by atoms with van der Waals surface area (Å²) in [6.45, 7) is 2.37. The molecule has 3 aromatic carbocycles. The van der Waals surface area contributed by atoms with E-state index in [0.29, 0.717) is 23.0 Å². The summed E-state index contributed by atoms with van der Waals surface area (Å²) in [7, 11) is 4.85. The summed E-state index contributed by atoms with van der Waals surface area (Å²) < 4.78 is 34.5.